The Morgan fingerprint density at radius 2 is 1.39 bits per heavy atom. The Bertz CT molecular complexity index is 1190. The van der Waals surface area contributed by atoms with E-state index in [1.165, 1.54) is 36.4 Å². The SMILES string of the molecule is O=S(=O)(Nc1oc(-c2ccccc2)nc1-c1ccc(F)cc1)c1ccccc1. The third kappa shape index (κ3) is 3.65. The quantitative estimate of drug-likeness (QED) is 0.520. The molecule has 3 aromatic carbocycles. The van der Waals surface area contributed by atoms with Crippen LogP contribution in [0.25, 0.3) is 22.7 Å². The predicted octanol–water partition coefficient (Wildman–Crippen LogP) is 4.95. The van der Waals surface area contributed by atoms with Gasteiger partial charge in [-0.2, -0.15) is 0 Å². The van der Waals surface area contributed by atoms with E-state index in [2.05, 4.69) is 9.71 Å². The molecule has 1 heterocycles. The maximum Gasteiger partial charge on any atom is 0.264 e. The number of nitrogens with one attached hydrogen (secondary N) is 1. The van der Waals surface area contributed by atoms with Crippen LogP contribution in [0, 0.1) is 5.82 Å². The van der Waals surface area contributed by atoms with E-state index in [0.29, 0.717) is 11.1 Å². The van der Waals surface area contributed by atoms with Gasteiger partial charge in [0.25, 0.3) is 10.0 Å². The van der Waals surface area contributed by atoms with E-state index in [4.69, 9.17) is 4.42 Å². The van der Waals surface area contributed by atoms with E-state index in [9.17, 15) is 12.8 Å². The largest absolute Gasteiger partial charge is 0.419 e. The van der Waals surface area contributed by atoms with Crippen molar-refractivity contribution in [3.8, 4) is 22.7 Å². The fraction of sp³-hybridized carbons (Fsp3) is 0. The van der Waals surface area contributed by atoms with Crippen LogP contribution in [0.2, 0.25) is 0 Å². The Labute approximate surface area is 161 Å². The fourth-order valence-corrected chi connectivity index (χ4v) is 3.69. The lowest BCUT2D eigenvalue weighted by molar-refractivity contribution is 0.581. The molecule has 4 aromatic rings. The van der Waals surface area contributed by atoms with Crippen LogP contribution in [0.3, 0.4) is 0 Å². The first-order chi connectivity index (χ1) is 13.5. The summed E-state index contributed by atoms with van der Waals surface area (Å²) < 4.78 is 47.0. The molecule has 0 radical (unpaired) electrons. The number of sulfonamides is 1. The highest BCUT2D eigenvalue weighted by Gasteiger charge is 2.22. The van der Waals surface area contributed by atoms with Crippen molar-refractivity contribution in [2.45, 2.75) is 4.90 Å². The molecule has 0 aliphatic carbocycles. The predicted molar refractivity (Wildman–Crippen MR) is 105 cm³/mol. The number of benzene rings is 3. The summed E-state index contributed by atoms with van der Waals surface area (Å²) in [4.78, 5) is 4.54. The molecule has 28 heavy (non-hydrogen) atoms. The van der Waals surface area contributed by atoms with Gasteiger partial charge in [0.1, 0.15) is 11.5 Å². The molecule has 0 amide bonds. The topological polar surface area (TPSA) is 72.2 Å². The van der Waals surface area contributed by atoms with Crippen LogP contribution in [-0.4, -0.2) is 13.4 Å². The third-order valence-electron chi connectivity index (χ3n) is 4.05. The minimum Gasteiger partial charge on any atom is -0.419 e. The van der Waals surface area contributed by atoms with Crippen molar-refractivity contribution in [2.75, 3.05) is 4.72 Å². The van der Waals surface area contributed by atoms with Crippen molar-refractivity contribution in [2.24, 2.45) is 0 Å². The molecule has 140 valence electrons. The average molecular weight is 394 g/mol. The van der Waals surface area contributed by atoms with Crippen molar-refractivity contribution in [3.63, 3.8) is 0 Å². The van der Waals surface area contributed by atoms with Crippen LogP contribution < -0.4 is 4.72 Å². The third-order valence-corrected chi connectivity index (χ3v) is 5.39. The van der Waals surface area contributed by atoms with E-state index < -0.39 is 15.8 Å². The molecule has 7 heteroatoms. The number of hydrogen-bond acceptors (Lipinski definition) is 4. The molecule has 1 aromatic heterocycles. The zero-order valence-electron chi connectivity index (χ0n) is 14.5. The molecule has 0 bridgehead atoms. The molecule has 0 spiro atoms. The summed E-state index contributed by atoms with van der Waals surface area (Å²) in [6.07, 6.45) is 0. The number of rotatable bonds is 5. The van der Waals surface area contributed by atoms with Gasteiger partial charge in [0, 0.05) is 11.1 Å². The molecule has 0 unspecified atom stereocenters. The second-order valence-corrected chi connectivity index (χ2v) is 7.67. The van der Waals surface area contributed by atoms with E-state index >= 15 is 0 Å². The standard InChI is InChI=1S/C21H15FN2O3S/c22-17-13-11-15(12-14-17)19-21(24-28(25,26)18-9-5-2-6-10-18)27-20(23-19)16-7-3-1-4-8-16/h1-14,24H. The van der Waals surface area contributed by atoms with Crippen molar-refractivity contribution in [1.29, 1.82) is 0 Å². The number of anilines is 1. The Kier molecular flexibility index (Phi) is 4.67. The van der Waals surface area contributed by atoms with Gasteiger partial charge in [0.2, 0.25) is 11.8 Å². The molecule has 1 N–H and O–H groups in total. The summed E-state index contributed by atoms with van der Waals surface area (Å²) in [6.45, 7) is 0. The second-order valence-electron chi connectivity index (χ2n) is 5.99. The maximum absolute atomic E-state index is 13.3. The normalized spacial score (nSPS) is 11.3. The Hall–Kier alpha value is -3.45. The van der Waals surface area contributed by atoms with Crippen LogP contribution in [0.1, 0.15) is 0 Å². The van der Waals surface area contributed by atoms with E-state index in [1.807, 2.05) is 18.2 Å². The molecule has 0 aliphatic heterocycles. The lowest BCUT2D eigenvalue weighted by Crippen LogP contribution is -2.12. The van der Waals surface area contributed by atoms with Crippen molar-refractivity contribution in [1.82, 2.24) is 4.98 Å². The van der Waals surface area contributed by atoms with Gasteiger partial charge in [0.05, 0.1) is 4.90 Å². The monoisotopic (exact) mass is 394 g/mol. The zero-order valence-corrected chi connectivity index (χ0v) is 15.4. The zero-order chi connectivity index (χ0) is 19.6. The first-order valence-electron chi connectivity index (χ1n) is 8.43. The highest BCUT2D eigenvalue weighted by molar-refractivity contribution is 7.92. The Morgan fingerprint density at radius 3 is 2.04 bits per heavy atom. The number of nitrogens with zero attached hydrogens (tertiary/aromatic N) is 1. The summed E-state index contributed by atoms with van der Waals surface area (Å²) in [7, 11) is -3.88. The first kappa shape index (κ1) is 17.9. The summed E-state index contributed by atoms with van der Waals surface area (Å²) >= 11 is 0. The van der Waals surface area contributed by atoms with Crippen molar-refractivity contribution >= 4 is 15.9 Å². The van der Waals surface area contributed by atoms with E-state index in [-0.39, 0.29) is 22.4 Å². The first-order valence-corrected chi connectivity index (χ1v) is 9.91. The maximum atomic E-state index is 13.3. The Balaban J connectivity index is 1.81. The van der Waals surface area contributed by atoms with Gasteiger partial charge >= 0.3 is 0 Å². The molecule has 5 nitrogen and oxygen atoms in total. The lowest BCUT2D eigenvalue weighted by atomic mass is 10.1. The minimum absolute atomic E-state index is 0.0330. The summed E-state index contributed by atoms with van der Waals surface area (Å²) in [5, 5.41) is 0. The second kappa shape index (κ2) is 7.28. The number of halogens is 1. The van der Waals surface area contributed by atoms with Gasteiger partial charge in [-0.25, -0.2) is 22.5 Å². The average Bonchev–Trinajstić information content (AvgIpc) is 3.13. The van der Waals surface area contributed by atoms with Gasteiger partial charge in [-0.3, -0.25) is 0 Å². The number of aromatic nitrogens is 1. The molecule has 0 fully saturated rings. The van der Waals surface area contributed by atoms with Crippen LogP contribution in [0.5, 0.6) is 0 Å². The fourth-order valence-electron chi connectivity index (χ4n) is 2.68. The van der Waals surface area contributed by atoms with Crippen LogP contribution in [0.15, 0.2) is 94.2 Å². The van der Waals surface area contributed by atoms with Crippen LogP contribution in [-0.2, 0) is 10.0 Å². The molecular weight excluding hydrogens is 379 g/mol. The minimum atomic E-state index is -3.88. The highest BCUT2D eigenvalue weighted by Crippen LogP contribution is 2.34. The smallest absolute Gasteiger partial charge is 0.264 e. The van der Waals surface area contributed by atoms with Gasteiger partial charge in [-0.1, -0.05) is 36.4 Å². The van der Waals surface area contributed by atoms with E-state index in [1.54, 1.807) is 30.3 Å². The lowest BCUT2D eigenvalue weighted by Gasteiger charge is -2.06. The van der Waals surface area contributed by atoms with Gasteiger partial charge in [-0.05, 0) is 48.5 Å². The molecule has 0 saturated heterocycles. The number of hydrogen-bond donors (Lipinski definition) is 1. The molecule has 0 saturated carbocycles. The van der Waals surface area contributed by atoms with Crippen LogP contribution in [0.4, 0.5) is 10.3 Å². The summed E-state index contributed by atoms with van der Waals surface area (Å²) in [6, 6.07) is 22.6. The number of oxazole rings is 1. The van der Waals surface area contributed by atoms with Gasteiger partial charge < -0.3 is 4.42 Å². The molecule has 4 rings (SSSR count). The van der Waals surface area contributed by atoms with Gasteiger partial charge in [-0.15, -0.1) is 0 Å². The van der Waals surface area contributed by atoms with E-state index in [0.717, 1.165) is 0 Å². The van der Waals surface area contributed by atoms with Crippen molar-refractivity contribution < 1.29 is 17.2 Å². The summed E-state index contributed by atoms with van der Waals surface area (Å²) in [5.74, 6) is -0.179. The van der Waals surface area contributed by atoms with Crippen LogP contribution >= 0.6 is 0 Å². The molecular formula is C21H15FN2O3S. The molecule has 0 atom stereocenters. The Morgan fingerprint density at radius 1 is 0.786 bits per heavy atom. The summed E-state index contributed by atoms with van der Waals surface area (Å²) in [5.41, 5.74) is 1.49. The van der Waals surface area contributed by atoms with Crippen molar-refractivity contribution in [3.05, 3.63) is 90.7 Å². The molecule has 0 aliphatic rings. The highest BCUT2D eigenvalue weighted by atomic mass is 32.2. The van der Waals surface area contributed by atoms with Gasteiger partial charge in [0.15, 0.2) is 0 Å².